The molecule has 1 aromatic carbocycles. The van der Waals surface area contributed by atoms with Crippen LogP contribution < -0.4 is 0 Å². The number of allylic oxidation sites excluding steroid dienone is 1. The Hall–Kier alpha value is -1.35. The van der Waals surface area contributed by atoms with Gasteiger partial charge in [0.05, 0.1) is 0 Å². The normalized spacial score (nSPS) is 11.1. The molecule has 1 aromatic rings. The highest BCUT2D eigenvalue weighted by Crippen LogP contribution is 2.22. The lowest BCUT2D eigenvalue weighted by Gasteiger charge is -2.00. The molecule has 0 bridgehead atoms. The third-order valence-corrected chi connectivity index (χ3v) is 2.39. The molecule has 0 N–H and O–H groups in total. The van der Waals surface area contributed by atoms with E-state index in [9.17, 15) is 9.59 Å². The molecule has 0 aromatic heterocycles. The summed E-state index contributed by atoms with van der Waals surface area (Å²) in [5.41, 5.74) is 2.32. The molecular formula is C11H10O2S. The summed E-state index contributed by atoms with van der Waals surface area (Å²) in [7, 11) is 0. The Kier molecular flexibility index (Phi) is 4.13. The minimum atomic E-state index is 0.643. The number of aldehydes is 1. The van der Waals surface area contributed by atoms with E-state index in [0.717, 1.165) is 34.1 Å². The number of carbonyl (C=O) groups is 2. The van der Waals surface area contributed by atoms with Gasteiger partial charge in [-0.1, -0.05) is 30.0 Å². The quantitative estimate of drug-likeness (QED) is 0.431. The number of thioether (sulfide) groups is 1. The standard InChI is InChI=1S/C11H10O2S/c1-9(7-12)6-10-4-2-3-5-11(10)14-8-13/h2-8H,1H3/b9-6+. The van der Waals surface area contributed by atoms with Gasteiger partial charge in [-0.15, -0.1) is 0 Å². The SMILES string of the molecule is C/C(C=O)=C\c1ccccc1SC=O. The van der Waals surface area contributed by atoms with Gasteiger partial charge in [0, 0.05) is 4.90 Å². The van der Waals surface area contributed by atoms with Crippen molar-refractivity contribution < 1.29 is 9.59 Å². The molecule has 0 aliphatic rings. The van der Waals surface area contributed by atoms with Gasteiger partial charge < -0.3 is 0 Å². The highest BCUT2D eigenvalue weighted by atomic mass is 32.2. The molecule has 0 atom stereocenters. The molecule has 0 amide bonds. The molecule has 0 aliphatic carbocycles. The van der Waals surface area contributed by atoms with Crippen LogP contribution in [0.15, 0.2) is 34.7 Å². The summed E-state index contributed by atoms with van der Waals surface area (Å²) >= 11 is 1.11. The second kappa shape index (κ2) is 5.40. The number of rotatable bonds is 4. The lowest BCUT2D eigenvalue weighted by molar-refractivity contribution is -0.104. The molecule has 0 unspecified atom stereocenters. The van der Waals surface area contributed by atoms with Crippen LogP contribution in [0, 0.1) is 0 Å². The van der Waals surface area contributed by atoms with Gasteiger partial charge in [0.15, 0.2) is 5.62 Å². The third-order valence-electron chi connectivity index (χ3n) is 1.66. The Morgan fingerprint density at radius 1 is 1.29 bits per heavy atom. The maximum atomic E-state index is 10.4. The number of hydrogen-bond acceptors (Lipinski definition) is 3. The first-order valence-corrected chi connectivity index (χ1v) is 4.98. The Morgan fingerprint density at radius 3 is 2.64 bits per heavy atom. The summed E-state index contributed by atoms with van der Waals surface area (Å²) in [5.74, 6) is 0. The van der Waals surface area contributed by atoms with Crippen LogP contribution in [0.4, 0.5) is 0 Å². The van der Waals surface area contributed by atoms with E-state index in [2.05, 4.69) is 0 Å². The largest absolute Gasteiger partial charge is 0.298 e. The van der Waals surface area contributed by atoms with Crippen molar-refractivity contribution >= 4 is 29.7 Å². The minimum Gasteiger partial charge on any atom is -0.298 e. The Balaban J connectivity index is 3.06. The zero-order valence-electron chi connectivity index (χ0n) is 7.77. The first kappa shape index (κ1) is 10.7. The van der Waals surface area contributed by atoms with Gasteiger partial charge in [0.1, 0.15) is 6.29 Å². The molecule has 72 valence electrons. The van der Waals surface area contributed by atoms with E-state index < -0.39 is 0 Å². The van der Waals surface area contributed by atoms with E-state index >= 15 is 0 Å². The lowest BCUT2D eigenvalue weighted by atomic mass is 10.1. The molecule has 0 heterocycles. The fraction of sp³-hybridized carbons (Fsp3) is 0.0909. The summed E-state index contributed by atoms with van der Waals surface area (Å²) in [6.07, 6.45) is 2.56. The van der Waals surface area contributed by atoms with Crippen molar-refractivity contribution in [2.24, 2.45) is 0 Å². The zero-order valence-corrected chi connectivity index (χ0v) is 8.58. The van der Waals surface area contributed by atoms with E-state index in [4.69, 9.17) is 0 Å². The van der Waals surface area contributed by atoms with Gasteiger partial charge in [-0.25, -0.2) is 0 Å². The summed E-state index contributed by atoms with van der Waals surface area (Å²) in [6.45, 7) is 1.73. The summed E-state index contributed by atoms with van der Waals surface area (Å²) in [4.78, 5) is 21.7. The van der Waals surface area contributed by atoms with Crippen molar-refractivity contribution in [2.75, 3.05) is 0 Å². The van der Waals surface area contributed by atoms with Crippen molar-refractivity contribution in [3.8, 4) is 0 Å². The summed E-state index contributed by atoms with van der Waals surface area (Å²) < 4.78 is 0. The first-order chi connectivity index (χ1) is 6.77. The monoisotopic (exact) mass is 206 g/mol. The predicted molar refractivity (Wildman–Crippen MR) is 58.8 cm³/mol. The molecule has 3 heteroatoms. The molecular weight excluding hydrogens is 196 g/mol. The second-order valence-electron chi connectivity index (χ2n) is 2.76. The maximum absolute atomic E-state index is 10.4. The Labute approximate surface area is 87.0 Å². The van der Waals surface area contributed by atoms with Crippen LogP contribution in [0.5, 0.6) is 0 Å². The first-order valence-electron chi connectivity index (χ1n) is 4.10. The highest BCUT2D eigenvalue weighted by molar-refractivity contribution is 8.11. The molecule has 2 nitrogen and oxygen atoms in total. The molecule has 0 fully saturated rings. The summed E-state index contributed by atoms with van der Waals surface area (Å²) in [5, 5.41) is 0. The third kappa shape index (κ3) is 2.85. The summed E-state index contributed by atoms with van der Waals surface area (Å²) in [6, 6.07) is 7.46. The van der Waals surface area contributed by atoms with Crippen LogP contribution in [0.1, 0.15) is 12.5 Å². The molecule has 14 heavy (non-hydrogen) atoms. The Morgan fingerprint density at radius 2 is 2.00 bits per heavy atom. The van der Waals surface area contributed by atoms with E-state index in [-0.39, 0.29) is 0 Å². The lowest BCUT2D eigenvalue weighted by Crippen LogP contribution is -1.82. The molecule has 0 radical (unpaired) electrons. The van der Waals surface area contributed by atoms with Gasteiger partial charge in [0.2, 0.25) is 0 Å². The van der Waals surface area contributed by atoms with E-state index in [1.165, 1.54) is 0 Å². The number of carbonyl (C=O) groups excluding carboxylic acids is 2. The molecule has 0 saturated carbocycles. The van der Waals surface area contributed by atoms with Crippen LogP contribution in [-0.2, 0) is 9.59 Å². The van der Waals surface area contributed by atoms with Crippen molar-refractivity contribution in [3.63, 3.8) is 0 Å². The molecule has 0 aliphatic heterocycles. The average Bonchev–Trinajstić information content (AvgIpc) is 2.21. The van der Waals surface area contributed by atoms with Crippen LogP contribution in [0.2, 0.25) is 0 Å². The van der Waals surface area contributed by atoms with Gasteiger partial charge in [-0.2, -0.15) is 0 Å². The number of hydrogen-bond donors (Lipinski definition) is 0. The minimum absolute atomic E-state index is 0.643. The molecule has 1 rings (SSSR count). The number of benzene rings is 1. The van der Waals surface area contributed by atoms with Crippen LogP contribution >= 0.6 is 11.8 Å². The van der Waals surface area contributed by atoms with Crippen LogP contribution in [0.25, 0.3) is 6.08 Å². The van der Waals surface area contributed by atoms with Gasteiger partial charge in [0.25, 0.3) is 0 Å². The molecule has 0 spiro atoms. The zero-order chi connectivity index (χ0) is 10.4. The Bertz CT molecular complexity index is 369. The average molecular weight is 206 g/mol. The van der Waals surface area contributed by atoms with Crippen LogP contribution in [-0.4, -0.2) is 11.9 Å². The highest BCUT2D eigenvalue weighted by Gasteiger charge is 1.98. The van der Waals surface area contributed by atoms with Gasteiger partial charge in [-0.05, 0) is 30.2 Å². The van der Waals surface area contributed by atoms with E-state index in [1.807, 2.05) is 24.3 Å². The van der Waals surface area contributed by atoms with Crippen LogP contribution in [0.3, 0.4) is 0 Å². The van der Waals surface area contributed by atoms with E-state index in [1.54, 1.807) is 13.0 Å². The molecule has 0 saturated heterocycles. The topological polar surface area (TPSA) is 34.1 Å². The van der Waals surface area contributed by atoms with Crippen molar-refractivity contribution in [2.45, 2.75) is 11.8 Å². The van der Waals surface area contributed by atoms with E-state index in [0.29, 0.717) is 5.57 Å². The van der Waals surface area contributed by atoms with Crippen molar-refractivity contribution in [1.82, 2.24) is 0 Å². The predicted octanol–water partition coefficient (Wildman–Crippen LogP) is 2.57. The van der Waals surface area contributed by atoms with Gasteiger partial charge in [-0.3, -0.25) is 9.59 Å². The van der Waals surface area contributed by atoms with Crippen molar-refractivity contribution in [3.05, 3.63) is 35.4 Å². The smallest absolute Gasteiger partial charge is 0.180 e. The maximum Gasteiger partial charge on any atom is 0.180 e. The van der Waals surface area contributed by atoms with Crippen molar-refractivity contribution in [1.29, 1.82) is 0 Å². The fourth-order valence-corrected chi connectivity index (χ4v) is 1.56. The van der Waals surface area contributed by atoms with Gasteiger partial charge >= 0.3 is 0 Å². The fourth-order valence-electron chi connectivity index (χ4n) is 1.04. The second-order valence-corrected chi connectivity index (χ2v) is 3.63.